The average Bonchev–Trinajstić information content (AvgIpc) is 3.25. The summed E-state index contributed by atoms with van der Waals surface area (Å²) in [6.45, 7) is 5.74. The second-order valence-corrected chi connectivity index (χ2v) is 8.72. The molecule has 176 valence electrons. The topological polar surface area (TPSA) is 93.5 Å². The Morgan fingerprint density at radius 2 is 1.91 bits per heavy atom. The number of hydrogen-bond acceptors (Lipinski definition) is 5. The highest BCUT2D eigenvalue weighted by molar-refractivity contribution is 6.31. The number of nitrogens with zero attached hydrogens (tertiary/aromatic N) is 3. The molecule has 0 radical (unpaired) electrons. The van der Waals surface area contributed by atoms with Gasteiger partial charge in [0.05, 0.1) is 13.2 Å². The minimum absolute atomic E-state index is 0.0148. The van der Waals surface area contributed by atoms with Crippen LogP contribution in [0.2, 0.25) is 5.02 Å². The summed E-state index contributed by atoms with van der Waals surface area (Å²) >= 11 is 6.36. The maximum atomic E-state index is 13.7. The van der Waals surface area contributed by atoms with Gasteiger partial charge in [-0.1, -0.05) is 48.0 Å². The Kier molecular flexibility index (Phi) is 6.43. The summed E-state index contributed by atoms with van der Waals surface area (Å²) in [5, 5.41) is 7.68. The van der Waals surface area contributed by atoms with E-state index in [1.807, 2.05) is 37.3 Å². The first-order chi connectivity index (χ1) is 16.2. The lowest BCUT2D eigenvalue weighted by Gasteiger charge is -2.43. The minimum atomic E-state index is -1.34. The highest BCUT2D eigenvalue weighted by atomic mass is 35.5. The number of carbonyl (C=O) groups is 3. The third-order valence-electron chi connectivity index (χ3n) is 5.84. The van der Waals surface area contributed by atoms with Crippen LogP contribution < -0.4 is 10.2 Å². The van der Waals surface area contributed by atoms with Crippen LogP contribution in [0.4, 0.5) is 5.69 Å². The van der Waals surface area contributed by atoms with Crippen LogP contribution in [-0.2, 0) is 22.6 Å². The number of ether oxygens (including phenoxy) is 1. The molecule has 1 aliphatic heterocycles. The highest BCUT2D eigenvalue weighted by Gasteiger charge is 2.49. The van der Waals surface area contributed by atoms with Gasteiger partial charge in [0.2, 0.25) is 5.91 Å². The average molecular weight is 481 g/mol. The first-order valence-electron chi connectivity index (χ1n) is 10.9. The first-order valence-corrected chi connectivity index (χ1v) is 11.3. The summed E-state index contributed by atoms with van der Waals surface area (Å²) in [6.07, 6.45) is 0. The molecule has 0 bridgehead atoms. The van der Waals surface area contributed by atoms with Gasteiger partial charge in [0.1, 0.15) is 11.2 Å². The number of halogens is 1. The smallest absolute Gasteiger partial charge is 0.358 e. The van der Waals surface area contributed by atoms with Crippen molar-refractivity contribution in [3.63, 3.8) is 0 Å². The van der Waals surface area contributed by atoms with E-state index in [2.05, 4.69) is 10.4 Å². The van der Waals surface area contributed by atoms with Crippen LogP contribution >= 0.6 is 11.6 Å². The molecule has 0 saturated heterocycles. The van der Waals surface area contributed by atoms with Crippen molar-refractivity contribution >= 4 is 35.1 Å². The highest BCUT2D eigenvalue weighted by Crippen LogP contribution is 2.35. The molecule has 0 unspecified atom stereocenters. The Morgan fingerprint density at radius 3 is 2.59 bits per heavy atom. The number of nitrogens with one attached hydrogen (secondary N) is 1. The van der Waals surface area contributed by atoms with Crippen molar-refractivity contribution < 1.29 is 19.1 Å². The van der Waals surface area contributed by atoms with Crippen molar-refractivity contribution in [1.82, 2.24) is 15.1 Å². The molecular weight excluding hydrogens is 456 g/mol. The van der Waals surface area contributed by atoms with Crippen LogP contribution in [0.15, 0.2) is 54.6 Å². The van der Waals surface area contributed by atoms with E-state index in [0.717, 1.165) is 11.1 Å². The van der Waals surface area contributed by atoms with E-state index in [1.165, 1.54) is 15.6 Å². The molecule has 0 spiro atoms. The maximum Gasteiger partial charge on any atom is 0.358 e. The predicted octanol–water partition coefficient (Wildman–Crippen LogP) is 3.76. The van der Waals surface area contributed by atoms with Gasteiger partial charge in [0.15, 0.2) is 5.69 Å². The molecule has 1 aliphatic rings. The number of anilines is 1. The van der Waals surface area contributed by atoms with Crippen LogP contribution in [0.5, 0.6) is 0 Å². The van der Waals surface area contributed by atoms with Gasteiger partial charge >= 0.3 is 5.97 Å². The quantitative estimate of drug-likeness (QED) is 0.542. The fourth-order valence-electron chi connectivity index (χ4n) is 3.98. The molecule has 0 fully saturated rings. The van der Waals surface area contributed by atoms with E-state index in [0.29, 0.717) is 17.3 Å². The van der Waals surface area contributed by atoms with Crippen LogP contribution in [0, 0.1) is 6.92 Å². The number of esters is 1. The zero-order valence-electron chi connectivity index (χ0n) is 19.2. The number of aryl methyl sites for hydroxylation is 1. The summed E-state index contributed by atoms with van der Waals surface area (Å²) < 4.78 is 6.42. The maximum absolute atomic E-state index is 13.7. The lowest BCUT2D eigenvalue weighted by atomic mass is 9.93. The fourth-order valence-corrected chi connectivity index (χ4v) is 4.16. The Morgan fingerprint density at radius 1 is 1.18 bits per heavy atom. The van der Waals surface area contributed by atoms with E-state index < -0.39 is 17.4 Å². The molecule has 0 aliphatic carbocycles. The number of rotatable bonds is 6. The molecule has 1 aromatic heterocycles. The summed E-state index contributed by atoms with van der Waals surface area (Å²) in [5.74, 6) is -1.45. The van der Waals surface area contributed by atoms with Crippen LogP contribution in [0.3, 0.4) is 0 Å². The molecule has 2 aromatic carbocycles. The van der Waals surface area contributed by atoms with Gasteiger partial charge in [-0.15, -0.1) is 0 Å². The number of hydrogen-bond donors (Lipinski definition) is 1. The molecule has 34 heavy (non-hydrogen) atoms. The van der Waals surface area contributed by atoms with Crippen molar-refractivity contribution in [2.24, 2.45) is 0 Å². The second-order valence-electron chi connectivity index (χ2n) is 8.31. The number of carbonyl (C=O) groups excluding carboxylic acids is 3. The molecular formula is C25H25ClN4O4. The number of amides is 2. The standard InChI is InChI=1S/C25H25ClN4O4/c1-4-34-23(32)20-13-21-22(31)30(18-11-10-16(2)19(26)12-18)25(3,15-29(21)28-20)24(33)27-14-17-8-6-5-7-9-17/h5-13H,4,14-15H2,1-3H3,(H,27,33)/t25-/m1/s1. The Balaban J connectivity index is 1.75. The second kappa shape index (κ2) is 9.30. The lowest BCUT2D eigenvalue weighted by molar-refractivity contribution is -0.126. The van der Waals surface area contributed by atoms with Crippen molar-refractivity contribution in [1.29, 1.82) is 0 Å². The summed E-state index contributed by atoms with van der Waals surface area (Å²) in [5.41, 5.74) is 1.11. The molecule has 9 heteroatoms. The van der Waals surface area contributed by atoms with Gasteiger partial charge in [-0.3, -0.25) is 19.2 Å². The van der Waals surface area contributed by atoms with Crippen molar-refractivity contribution in [2.75, 3.05) is 11.5 Å². The molecule has 2 heterocycles. The predicted molar refractivity (Wildman–Crippen MR) is 128 cm³/mol. The Hall–Kier alpha value is -3.65. The molecule has 8 nitrogen and oxygen atoms in total. The molecule has 0 saturated carbocycles. The summed E-state index contributed by atoms with van der Waals surface area (Å²) in [4.78, 5) is 40.9. The third kappa shape index (κ3) is 4.28. The monoisotopic (exact) mass is 480 g/mol. The van der Waals surface area contributed by atoms with Gasteiger partial charge in [-0.05, 0) is 44.0 Å². The largest absolute Gasteiger partial charge is 0.461 e. The third-order valence-corrected chi connectivity index (χ3v) is 6.24. The molecule has 1 atom stereocenters. The molecule has 4 rings (SSSR count). The Bertz CT molecular complexity index is 1260. The zero-order chi connectivity index (χ0) is 24.5. The lowest BCUT2D eigenvalue weighted by Crippen LogP contribution is -2.64. The molecule has 1 N–H and O–H groups in total. The van der Waals surface area contributed by atoms with Crippen LogP contribution in [-0.4, -0.2) is 39.7 Å². The van der Waals surface area contributed by atoms with E-state index >= 15 is 0 Å². The normalized spacial score (nSPS) is 17.3. The number of benzene rings is 2. The number of fused-ring (bicyclic) bond motifs is 1. The first kappa shape index (κ1) is 23.5. The van der Waals surface area contributed by atoms with Crippen molar-refractivity contribution in [3.05, 3.63) is 82.1 Å². The van der Waals surface area contributed by atoms with Crippen molar-refractivity contribution in [2.45, 2.75) is 39.4 Å². The van der Waals surface area contributed by atoms with E-state index in [4.69, 9.17) is 16.3 Å². The van der Waals surface area contributed by atoms with Gasteiger partial charge < -0.3 is 10.1 Å². The summed E-state index contributed by atoms with van der Waals surface area (Å²) in [7, 11) is 0. The minimum Gasteiger partial charge on any atom is -0.461 e. The fraction of sp³-hybridized carbons (Fsp3) is 0.280. The van der Waals surface area contributed by atoms with Gasteiger partial charge in [-0.2, -0.15) is 5.10 Å². The van der Waals surface area contributed by atoms with Gasteiger partial charge in [-0.25, -0.2) is 4.79 Å². The van der Waals surface area contributed by atoms with Crippen LogP contribution in [0.1, 0.15) is 46.0 Å². The molecule has 3 aromatic rings. The summed E-state index contributed by atoms with van der Waals surface area (Å²) in [6, 6.07) is 16.1. The van der Waals surface area contributed by atoms with Gasteiger partial charge in [0.25, 0.3) is 5.91 Å². The SMILES string of the molecule is CCOC(=O)c1cc2n(n1)C[C@](C)(C(=O)NCc1ccccc1)N(c1ccc(C)c(Cl)c1)C2=O. The van der Waals surface area contributed by atoms with Crippen molar-refractivity contribution in [3.8, 4) is 0 Å². The molecule has 2 amide bonds. The van der Waals surface area contributed by atoms with E-state index in [-0.39, 0.29) is 30.4 Å². The number of aromatic nitrogens is 2. The van der Waals surface area contributed by atoms with E-state index in [1.54, 1.807) is 32.0 Å². The zero-order valence-corrected chi connectivity index (χ0v) is 19.9. The van der Waals surface area contributed by atoms with E-state index in [9.17, 15) is 14.4 Å². The van der Waals surface area contributed by atoms with Crippen LogP contribution in [0.25, 0.3) is 0 Å². The van der Waals surface area contributed by atoms with Gasteiger partial charge in [0, 0.05) is 23.3 Å². The Labute approximate surface area is 202 Å².